The summed E-state index contributed by atoms with van der Waals surface area (Å²) in [6, 6.07) is 80.1. The van der Waals surface area contributed by atoms with Gasteiger partial charge in [0.2, 0.25) is 0 Å². The van der Waals surface area contributed by atoms with Crippen LogP contribution in [0.1, 0.15) is 5.56 Å². The van der Waals surface area contributed by atoms with E-state index in [4.69, 9.17) is 4.98 Å². The minimum absolute atomic E-state index is 0.592. The molecule has 0 aliphatic heterocycles. The first-order chi connectivity index (χ1) is 32.8. The van der Waals surface area contributed by atoms with E-state index in [1.54, 1.807) is 0 Å². The van der Waals surface area contributed by atoms with E-state index < -0.39 is 0 Å². The van der Waals surface area contributed by atoms with E-state index in [1.165, 1.54) is 0 Å². The van der Waals surface area contributed by atoms with Gasteiger partial charge in [0.1, 0.15) is 11.4 Å². The third-order valence-electron chi connectivity index (χ3n) is 13.6. The first-order valence-electron chi connectivity index (χ1n) is 22.3. The summed E-state index contributed by atoms with van der Waals surface area (Å²) in [4.78, 5) is 6.25. The molecule has 5 heterocycles. The normalized spacial score (nSPS) is 11.9. The van der Waals surface area contributed by atoms with E-state index in [9.17, 15) is 5.26 Å². The molecule has 306 valence electrons. The molecule has 0 N–H and O–H groups in total. The Morgan fingerprint density at radius 3 is 0.788 bits per heavy atom. The number of hydrogen-bond acceptors (Lipinski definition) is 2. The minimum atomic E-state index is 0.592. The summed E-state index contributed by atoms with van der Waals surface area (Å²) >= 11 is 0. The predicted octanol–water partition coefficient (Wildman–Crippen LogP) is 15.0. The topological polar surface area (TPSA) is 56.4 Å². The van der Waals surface area contributed by atoms with Gasteiger partial charge in [-0.25, -0.2) is 4.98 Å². The van der Waals surface area contributed by atoms with Crippen LogP contribution in [-0.2, 0) is 0 Å². The molecule has 0 radical (unpaired) electrons. The first-order valence-corrected chi connectivity index (χ1v) is 22.3. The molecule has 0 saturated heterocycles. The number of rotatable bonds is 5. The molecule has 6 heteroatoms. The lowest BCUT2D eigenvalue weighted by Gasteiger charge is -2.27. The number of nitrogens with zero attached hydrogens (tertiary/aromatic N) is 6. The molecule has 0 bridgehead atoms. The lowest BCUT2D eigenvalue weighted by Crippen LogP contribution is -2.16. The Bertz CT molecular complexity index is 3900. The Morgan fingerprint density at radius 2 is 0.530 bits per heavy atom. The molecule has 5 aromatic heterocycles. The smallest absolute Gasteiger partial charge is 0.165 e. The molecule has 6 nitrogen and oxygen atoms in total. The van der Waals surface area contributed by atoms with Gasteiger partial charge in [0.15, 0.2) is 11.6 Å². The summed E-state index contributed by atoms with van der Waals surface area (Å²) in [5, 5.41) is 19.4. The van der Waals surface area contributed by atoms with Crippen molar-refractivity contribution in [3.8, 4) is 40.2 Å². The molecule has 0 aliphatic carbocycles. The maximum atomic E-state index is 10.2. The second-order valence-corrected chi connectivity index (χ2v) is 17.0. The summed E-state index contributed by atoms with van der Waals surface area (Å²) in [7, 11) is 0. The molecular formula is C60H36N6. The number of fused-ring (bicyclic) bond motifs is 12. The van der Waals surface area contributed by atoms with Gasteiger partial charge in [0.05, 0.1) is 55.8 Å². The highest BCUT2D eigenvalue weighted by Crippen LogP contribution is 2.48. The van der Waals surface area contributed by atoms with Gasteiger partial charge in [-0.3, -0.25) is 9.13 Å². The van der Waals surface area contributed by atoms with Crippen LogP contribution in [0.3, 0.4) is 0 Å². The molecule has 0 saturated carbocycles. The van der Waals surface area contributed by atoms with Crippen LogP contribution in [0.25, 0.3) is 121 Å². The van der Waals surface area contributed by atoms with E-state index in [1.807, 2.05) is 12.1 Å². The molecule has 66 heavy (non-hydrogen) atoms. The van der Waals surface area contributed by atoms with Crippen molar-refractivity contribution in [1.82, 2.24) is 23.3 Å². The van der Waals surface area contributed by atoms with Gasteiger partial charge in [-0.1, -0.05) is 158 Å². The van der Waals surface area contributed by atoms with Crippen molar-refractivity contribution in [2.24, 2.45) is 0 Å². The predicted molar refractivity (Wildman–Crippen MR) is 272 cm³/mol. The largest absolute Gasteiger partial charge is 0.305 e. The molecule has 0 atom stereocenters. The van der Waals surface area contributed by atoms with Gasteiger partial charge in [0.25, 0.3) is 0 Å². The molecular weight excluding hydrogens is 805 g/mol. The summed E-state index contributed by atoms with van der Waals surface area (Å²) in [6.45, 7) is 0. The summed E-state index contributed by atoms with van der Waals surface area (Å²) in [5.74, 6) is 1.55. The maximum absolute atomic E-state index is 10.2. The average Bonchev–Trinajstić information content (AvgIpc) is 4.11. The number of benzene rings is 9. The molecule has 0 fully saturated rings. The van der Waals surface area contributed by atoms with Crippen molar-refractivity contribution in [3.63, 3.8) is 0 Å². The van der Waals surface area contributed by atoms with Gasteiger partial charge in [-0.2, -0.15) is 5.26 Å². The lowest BCUT2D eigenvalue weighted by molar-refractivity contribution is 0.961. The fraction of sp³-hybridized carbons (Fsp3) is 0. The van der Waals surface area contributed by atoms with Crippen LogP contribution >= 0.6 is 0 Å². The number of nitriles is 1. The Hall–Kier alpha value is -9.18. The van der Waals surface area contributed by atoms with Gasteiger partial charge in [0, 0.05) is 48.7 Å². The summed E-state index contributed by atoms with van der Waals surface area (Å²) in [5.41, 5.74) is 12.8. The monoisotopic (exact) mass is 840 g/mol. The summed E-state index contributed by atoms with van der Waals surface area (Å²) < 4.78 is 9.64. The number of pyridine rings is 1. The fourth-order valence-corrected chi connectivity index (χ4v) is 10.9. The molecule has 14 rings (SSSR count). The van der Waals surface area contributed by atoms with Crippen LogP contribution in [0.2, 0.25) is 0 Å². The highest BCUT2D eigenvalue weighted by Gasteiger charge is 2.32. The minimum Gasteiger partial charge on any atom is -0.305 e. The Kier molecular flexibility index (Phi) is 7.65. The standard InChI is InChI=1S/C60H36N6/c61-37-38-33-35-39(36-34-38)56-57(63-48-25-9-1-17-40(48)41-18-2-10-26-49(41)63)59(65-52-29-13-5-21-44(52)45-22-6-14-30-53(45)65)62-60(66-54-31-15-7-23-46(54)47-24-8-16-32-55(47)66)58(56)64-50-27-11-3-19-42(50)43-20-4-12-28-51(43)64/h1-36H. The van der Waals surface area contributed by atoms with E-state index in [2.05, 4.69) is 231 Å². The molecule has 0 unspecified atom stereocenters. The van der Waals surface area contributed by atoms with Crippen LogP contribution in [0, 0.1) is 11.3 Å². The van der Waals surface area contributed by atoms with Crippen molar-refractivity contribution in [2.75, 3.05) is 0 Å². The Morgan fingerprint density at radius 1 is 0.288 bits per heavy atom. The van der Waals surface area contributed by atoms with Crippen molar-refractivity contribution >= 4 is 87.2 Å². The van der Waals surface area contributed by atoms with Crippen molar-refractivity contribution in [3.05, 3.63) is 224 Å². The number of hydrogen-bond donors (Lipinski definition) is 0. The van der Waals surface area contributed by atoms with Crippen molar-refractivity contribution < 1.29 is 0 Å². The average molecular weight is 841 g/mol. The lowest BCUT2D eigenvalue weighted by atomic mass is 9.99. The van der Waals surface area contributed by atoms with Gasteiger partial charge in [-0.05, 0) is 66.2 Å². The van der Waals surface area contributed by atoms with Crippen LogP contribution in [0.5, 0.6) is 0 Å². The SMILES string of the molecule is N#Cc1ccc(-c2c(-n3c4ccccc4c4ccccc43)c(-n3c4ccccc4c4ccccc43)nc(-n3c4ccccc4c4ccccc43)c2-n2c3ccccc3c3ccccc32)cc1. The first kappa shape index (κ1) is 36.3. The van der Waals surface area contributed by atoms with Crippen molar-refractivity contribution in [2.45, 2.75) is 0 Å². The zero-order chi connectivity index (χ0) is 43.5. The van der Waals surface area contributed by atoms with Crippen molar-refractivity contribution in [1.29, 1.82) is 5.26 Å². The van der Waals surface area contributed by atoms with E-state index in [0.717, 1.165) is 121 Å². The van der Waals surface area contributed by atoms with Gasteiger partial charge >= 0.3 is 0 Å². The van der Waals surface area contributed by atoms with E-state index >= 15 is 0 Å². The molecule has 14 aromatic rings. The summed E-state index contributed by atoms with van der Waals surface area (Å²) in [6.07, 6.45) is 0. The third kappa shape index (κ3) is 4.97. The van der Waals surface area contributed by atoms with Crippen LogP contribution in [0.15, 0.2) is 218 Å². The maximum Gasteiger partial charge on any atom is 0.165 e. The fourth-order valence-electron chi connectivity index (χ4n) is 10.9. The second-order valence-electron chi connectivity index (χ2n) is 17.0. The van der Waals surface area contributed by atoms with Crippen LogP contribution in [0.4, 0.5) is 0 Å². The second kappa shape index (κ2) is 13.9. The molecule has 0 spiro atoms. The van der Waals surface area contributed by atoms with E-state index in [0.29, 0.717) is 5.56 Å². The highest BCUT2D eigenvalue weighted by molar-refractivity contribution is 6.15. The molecule has 0 aliphatic rings. The molecule has 9 aromatic carbocycles. The number of aromatic nitrogens is 5. The third-order valence-corrected chi connectivity index (χ3v) is 13.6. The number of para-hydroxylation sites is 8. The Balaban J connectivity index is 1.33. The molecule has 0 amide bonds. The van der Waals surface area contributed by atoms with E-state index in [-0.39, 0.29) is 0 Å². The Labute approximate surface area is 378 Å². The van der Waals surface area contributed by atoms with Crippen LogP contribution in [-0.4, -0.2) is 23.3 Å². The quantitative estimate of drug-likeness (QED) is 0.173. The van der Waals surface area contributed by atoms with Gasteiger partial charge in [-0.15, -0.1) is 0 Å². The van der Waals surface area contributed by atoms with Crippen LogP contribution < -0.4 is 0 Å². The van der Waals surface area contributed by atoms with Gasteiger partial charge < -0.3 is 9.13 Å². The highest BCUT2D eigenvalue weighted by atomic mass is 15.2. The zero-order valence-electron chi connectivity index (χ0n) is 35.5. The zero-order valence-corrected chi connectivity index (χ0v) is 35.5.